The van der Waals surface area contributed by atoms with E-state index in [1.165, 1.54) is 33.1 Å². The molecule has 11 heteroatoms. The Hall–Kier alpha value is -1.59. The number of thioether (sulfide) groups is 2. The number of fused-ring (bicyclic) bond motifs is 1. The van der Waals surface area contributed by atoms with E-state index in [0.29, 0.717) is 22.2 Å². The molecule has 2 atom stereocenters. The molecule has 1 amide bonds. The highest BCUT2D eigenvalue weighted by atomic mass is 32.2. The number of nitrogens with zero attached hydrogens (tertiary/aromatic N) is 5. The third kappa shape index (κ3) is 2.30. The highest BCUT2D eigenvalue weighted by molar-refractivity contribution is 8.05. The van der Waals surface area contributed by atoms with Crippen LogP contribution in [0.4, 0.5) is 0 Å². The summed E-state index contributed by atoms with van der Waals surface area (Å²) in [7, 11) is 1.71. The first kappa shape index (κ1) is 14.4. The maximum absolute atomic E-state index is 11.8. The van der Waals surface area contributed by atoms with Crippen LogP contribution >= 0.6 is 23.5 Å². The third-order valence-electron chi connectivity index (χ3n) is 3.26. The second-order valence-electron chi connectivity index (χ2n) is 4.52. The van der Waals surface area contributed by atoms with Gasteiger partial charge in [-0.2, -0.15) is 0 Å². The molecule has 0 saturated carbocycles. The summed E-state index contributed by atoms with van der Waals surface area (Å²) in [5.41, 5.74) is 5.72. The van der Waals surface area contributed by atoms with Gasteiger partial charge in [-0.15, -0.1) is 28.6 Å². The van der Waals surface area contributed by atoms with E-state index in [4.69, 9.17) is 5.73 Å². The molecule has 1 aromatic rings. The maximum Gasteiger partial charge on any atom is 0.353 e. The van der Waals surface area contributed by atoms with Gasteiger partial charge in [-0.1, -0.05) is 0 Å². The highest BCUT2D eigenvalue weighted by Crippen LogP contribution is 2.43. The first-order chi connectivity index (χ1) is 10.0. The van der Waals surface area contributed by atoms with Crippen molar-refractivity contribution in [2.24, 2.45) is 12.8 Å². The van der Waals surface area contributed by atoms with Crippen LogP contribution in [0.1, 0.15) is 5.82 Å². The molecule has 9 nitrogen and oxygen atoms in total. The van der Waals surface area contributed by atoms with Crippen LogP contribution in [-0.2, 0) is 22.4 Å². The van der Waals surface area contributed by atoms with E-state index in [1.54, 1.807) is 7.05 Å². The molecule has 2 aliphatic rings. The zero-order chi connectivity index (χ0) is 15.1. The Morgan fingerprint density at radius 3 is 3.00 bits per heavy atom. The topological polar surface area (TPSA) is 127 Å². The zero-order valence-electron chi connectivity index (χ0n) is 11.0. The highest BCUT2D eigenvalue weighted by Gasteiger charge is 2.51. The van der Waals surface area contributed by atoms with E-state index in [1.807, 2.05) is 0 Å². The van der Waals surface area contributed by atoms with Crippen molar-refractivity contribution >= 4 is 35.4 Å². The lowest BCUT2D eigenvalue weighted by Gasteiger charge is -2.47. The first-order valence-corrected chi connectivity index (χ1v) is 8.05. The number of amides is 1. The minimum atomic E-state index is -1.11. The number of hydrogen-bond acceptors (Lipinski definition) is 8. The van der Waals surface area contributed by atoms with Gasteiger partial charge in [0.2, 0.25) is 5.91 Å². The molecule has 0 radical (unpaired) electrons. The van der Waals surface area contributed by atoms with E-state index < -0.39 is 12.0 Å². The fourth-order valence-corrected chi connectivity index (χ4v) is 4.67. The van der Waals surface area contributed by atoms with Gasteiger partial charge in [-0.3, -0.25) is 9.69 Å². The van der Waals surface area contributed by atoms with Crippen molar-refractivity contribution in [3.05, 3.63) is 16.4 Å². The molecule has 0 bridgehead atoms. The van der Waals surface area contributed by atoms with E-state index >= 15 is 0 Å². The van der Waals surface area contributed by atoms with Gasteiger partial charge in [0.25, 0.3) is 0 Å². The number of carbonyl (C=O) groups excluding carboxylic acids is 1. The first-order valence-electron chi connectivity index (χ1n) is 6.01. The largest absolute Gasteiger partial charge is 0.477 e. The number of carboxylic acid groups (broad SMARTS) is 1. The number of aromatic nitrogens is 4. The summed E-state index contributed by atoms with van der Waals surface area (Å²) >= 11 is 2.80. The van der Waals surface area contributed by atoms with Crippen LogP contribution in [0, 0.1) is 0 Å². The lowest BCUT2D eigenvalue weighted by Crippen LogP contribution is -2.68. The van der Waals surface area contributed by atoms with Gasteiger partial charge in [0.05, 0.1) is 5.75 Å². The van der Waals surface area contributed by atoms with Crippen LogP contribution in [0.3, 0.4) is 0 Å². The van der Waals surface area contributed by atoms with Crippen molar-refractivity contribution in [2.75, 3.05) is 5.75 Å². The number of β-lactam (4-membered cyclic amide) rings is 1. The van der Waals surface area contributed by atoms with Gasteiger partial charge in [-0.25, -0.2) is 9.48 Å². The lowest BCUT2D eigenvalue weighted by molar-refractivity contribution is -0.147. The van der Waals surface area contributed by atoms with E-state index in [2.05, 4.69) is 15.5 Å². The number of carbonyl (C=O) groups is 2. The van der Waals surface area contributed by atoms with Gasteiger partial charge in [0.15, 0.2) is 5.82 Å². The number of tetrazole rings is 1. The predicted molar refractivity (Wildman–Crippen MR) is 75.8 cm³/mol. The molecule has 3 N–H and O–H groups in total. The van der Waals surface area contributed by atoms with Crippen molar-refractivity contribution in [3.8, 4) is 0 Å². The lowest BCUT2D eigenvalue weighted by atomic mass is 10.1. The van der Waals surface area contributed by atoms with E-state index in [-0.39, 0.29) is 17.0 Å². The minimum absolute atomic E-state index is 0.0329. The van der Waals surface area contributed by atoms with Crippen molar-refractivity contribution in [3.63, 3.8) is 0 Å². The smallest absolute Gasteiger partial charge is 0.353 e. The molecule has 1 unspecified atom stereocenters. The summed E-state index contributed by atoms with van der Waals surface area (Å²) in [5.74, 6) is 0.132. The standard InChI is InChI=1S/C10H12N6O3S2/c1-15-5(12-13-14-15)3-20-4-2-21-9-6(11)8(17)16(9)7(4)10(18)19/h6,9H,2-3,11H2,1H3,(H,18,19)/t6?,9-/m1/s1. The molecule has 1 saturated heterocycles. The molecule has 112 valence electrons. The summed E-state index contributed by atoms with van der Waals surface area (Å²) < 4.78 is 1.53. The molecular formula is C10H12N6O3S2. The SMILES string of the molecule is Cn1nnnc1CSC1=C(C(=O)O)N2C(=O)C(N)[C@H]2SC1. The third-order valence-corrected chi connectivity index (χ3v) is 5.83. The Morgan fingerprint density at radius 1 is 1.62 bits per heavy atom. The van der Waals surface area contributed by atoms with Crippen LogP contribution in [-0.4, -0.2) is 59.3 Å². The second kappa shape index (κ2) is 5.31. The van der Waals surface area contributed by atoms with Gasteiger partial charge in [-0.05, 0) is 10.4 Å². The molecule has 2 aliphatic heterocycles. The number of rotatable bonds is 4. The van der Waals surface area contributed by atoms with E-state index in [0.717, 1.165) is 0 Å². The normalized spacial score (nSPS) is 24.9. The summed E-state index contributed by atoms with van der Waals surface area (Å²) in [6, 6.07) is -0.612. The fourth-order valence-electron chi connectivity index (χ4n) is 2.12. The Labute approximate surface area is 127 Å². The van der Waals surface area contributed by atoms with Gasteiger partial charge in [0.1, 0.15) is 17.1 Å². The van der Waals surface area contributed by atoms with Crippen LogP contribution in [0.2, 0.25) is 0 Å². The van der Waals surface area contributed by atoms with Crippen LogP contribution < -0.4 is 5.73 Å². The maximum atomic E-state index is 11.8. The van der Waals surface area contributed by atoms with Crippen molar-refractivity contribution in [2.45, 2.75) is 17.2 Å². The molecule has 0 aromatic carbocycles. The van der Waals surface area contributed by atoms with Gasteiger partial charge in [0, 0.05) is 17.7 Å². The number of carboxylic acids is 1. The van der Waals surface area contributed by atoms with Gasteiger partial charge < -0.3 is 10.8 Å². The van der Waals surface area contributed by atoms with Crippen LogP contribution in [0.15, 0.2) is 10.6 Å². The van der Waals surface area contributed by atoms with Gasteiger partial charge >= 0.3 is 5.97 Å². The molecule has 3 heterocycles. The zero-order valence-corrected chi connectivity index (χ0v) is 12.6. The number of aryl methyl sites for hydroxylation is 1. The van der Waals surface area contributed by atoms with E-state index in [9.17, 15) is 14.7 Å². The quantitative estimate of drug-likeness (QED) is 0.668. The Balaban J connectivity index is 1.83. The molecule has 1 fully saturated rings. The van der Waals surface area contributed by atoms with Crippen LogP contribution in [0.5, 0.6) is 0 Å². The summed E-state index contributed by atoms with van der Waals surface area (Å²) in [6.07, 6.45) is 0. The summed E-state index contributed by atoms with van der Waals surface area (Å²) in [6.45, 7) is 0. The average Bonchev–Trinajstić information content (AvgIpc) is 2.88. The number of aliphatic carboxylic acids is 1. The minimum Gasteiger partial charge on any atom is -0.477 e. The van der Waals surface area contributed by atoms with Crippen molar-refractivity contribution < 1.29 is 14.7 Å². The Morgan fingerprint density at radius 2 is 2.38 bits per heavy atom. The predicted octanol–water partition coefficient (Wildman–Crippen LogP) is -1.02. The molecule has 0 aliphatic carbocycles. The van der Waals surface area contributed by atoms with Crippen molar-refractivity contribution in [1.29, 1.82) is 0 Å². The number of nitrogens with two attached hydrogens (primary N) is 1. The molecular weight excluding hydrogens is 316 g/mol. The fraction of sp³-hybridized carbons (Fsp3) is 0.500. The average molecular weight is 328 g/mol. The monoisotopic (exact) mass is 328 g/mol. The Bertz CT molecular complexity index is 644. The van der Waals surface area contributed by atoms with Crippen LogP contribution in [0.25, 0.3) is 0 Å². The number of hydrogen-bond donors (Lipinski definition) is 2. The molecule has 1 aromatic heterocycles. The molecule has 0 spiro atoms. The van der Waals surface area contributed by atoms with Crippen molar-refractivity contribution in [1.82, 2.24) is 25.1 Å². The molecule has 3 rings (SSSR count). The summed E-state index contributed by atoms with van der Waals surface area (Å²) in [4.78, 5) is 25.2. The second-order valence-corrected chi connectivity index (χ2v) is 6.70. The Kier molecular flexibility index (Phi) is 3.63. The summed E-state index contributed by atoms with van der Waals surface area (Å²) in [5, 5.41) is 20.2. The molecule has 21 heavy (non-hydrogen) atoms.